The fraction of sp³-hybridized carbons (Fsp3) is 0.500. The van der Waals surface area contributed by atoms with Crippen LogP contribution in [0.3, 0.4) is 0 Å². The van der Waals surface area contributed by atoms with Gasteiger partial charge < -0.3 is 5.32 Å². The minimum atomic E-state index is -0.199. The van der Waals surface area contributed by atoms with Gasteiger partial charge in [0, 0.05) is 11.7 Å². The second-order valence-corrected chi connectivity index (χ2v) is 6.91. The van der Waals surface area contributed by atoms with E-state index in [1.807, 2.05) is 19.9 Å². The molecule has 1 aliphatic rings. The first-order chi connectivity index (χ1) is 11.5. The molecule has 1 saturated carbocycles. The number of carbonyl (C=O) groups is 1. The number of rotatable bonds is 3. The highest BCUT2D eigenvalue weighted by Crippen LogP contribution is 2.20. The fourth-order valence-corrected chi connectivity index (χ4v) is 3.44. The average Bonchev–Trinajstić information content (AvgIpc) is 2.75. The molecule has 6 heteroatoms. The van der Waals surface area contributed by atoms with E-state index in [1.165, 1.54) is 12.8 Å². The minimum Gasteiger partial charge on any atom is -0.348 e. The summed E-state index contributed by atoms with van der Waals surface area (Å²) in [6.07, 6.45) is 6.88. The van der Waals surface area contributed by atoms with E-state index in [2.05, 4.69) is 15.4 Å². The molecule has 2 aromatic heterocycles. The lowest BCUT2D eigenvalue weighted by Gasteiger charge is -2.16. The van der Waals surface area contributed by atoms with Gasteiger partial charge in [0.1, 0.15) is 5.69 Å². The molecule has 1 N–H and O–H groups in total. The Labute approximate surface area is 147 Å². The van der Waals surface area contributed by atoms with Gasteiger partial charge in [-0.3, -0.25) is 4.79 Å². The molecule has 1 aliphatic carbocycles. The van der Waals surface area contributed by atoms with Crippen LogP contribution in [0.2, 0.25) is 5.02 Å². The van der Waals surface area contributed by atoms with Crippen LogP contribution in [-0.4, -0.2) is 26.7 Å². The van der Waals surface area contributed by atoms with Crippen LogP contribution in [0.1, 0.15) is 60.4 Å². The largest absolute Gasteiger partial charge is 0.348 e. The Balaban J connectivity index is 1.83. The highest BCUT2D eigenvalue weighted by atomic mass is 35.5. The first kappa shape index (κ1) is 17.0. The van der Waals surface area contributed by atoms with Gasteiger partial charge in [-0.2, -0.15) is 5.10 Å². The van der Waals surface area contributed by atoms with Crippen molar-refractivity contribution in [1.29, 1.82) is 0 Å². The molecular formula is C18H23ClN4O. The van der Waals surface area contributed by atoms with Crippen LogP contribution < -0.4 is 5.32 Å². The van der Waals surface area contributed by atoms with E-state index >= 15 is 0 Å². The number of carbonyl (C=O) groups excluding carboxylic acids is 1. The summed E-state index contributed by atoms with van der Waals surface area (Å²) in [4.78, 5) is 17.1. The number of nitrogens with zero attached hydrogens (tertiary/aromatic N) is 3. The van der Waals surface area contributed by atoms with E-state index in [9.17, 15) is 4.79 Å². The normalized spacial score (nSPS) is 16.0. The summed E-state index contributed by atoms with van der Waals surface area (Å²) in [5.41, 5.74) is 2.15. The van der Waals surface area contributed by atoms with Crippen LogP contribution in [0.5, 0.6) is 0 Å². The van der Waals surface area contributed by atoms with Crippen LogP contribution in [0.25, 0.3) is 5.82 Å². The molecule has 0 saturated heterocycles. The van der Waals surface area contributed by atoms with Gasteiger partial charge in [0.05, 0.1) is 10.7 Å². The molecule has 0 radical (unpaired) electrons. The number of amides is 1. The van der Waals surface area contributed by atoms with Gasteiger partial charge in [0.25, 0.3) is 5.91 Å². The van der Waals surface area contributed by atoms with Gasteiger partial charge in [0.2, 0.25) is 0 Å². The van der Waals surface area contributed by atoms with Gasteiger partial charge in [0.15, 0.2) is 5.82 Å². The summed E-state index contributed by atoms with van der Waals surface area (Å²) < 4.78 is 1.73. The molecule has 0 unspecified atom stereocenters. The van der Waals surface area contributed by atoms with Gasteiger partial charge in [-0.25, -0.2) is 9.67 Å². The van der Waals surface area contributed by atoms with Crippen LogP contribution in [0, 0.1) is 13.8 Å². The second kappa shape index (κ2) is 7.34. The molecule has 24 heavy (non-hydrogen) atoms. The lowest BCUT2D eigenvalue weighted by atomic mass is 10.1. The van der Waals surface area contributed by atoms with Crippen LogP contribution in [0.15, 0.2) is 18.2 Å². The van der Waals surface area contributed by atoms with Crippen LogP contribution in [0.4, 0.5) is 0 Å². The van der Waals surface area contributed by atoms with Gasteiger partial charge >= 0.3 is 0 Å². The SMILES string of the molecule is Cc1cc(C)n(-c2ccc(Cl)c(C(=O)NC3CCCCCC3)n2)n1. The van der Waals surface area contributed by atoms with Crippen molar-refractivity contribution in [3.63, 3.8) is 0 Å². The molecule has 5 nitrogen and oxygen atoms in total. The molecule has 3 rings (SSSR count). The number of pyridine rings is 1. The molecule has 0 atom stereocenters. The van der Waals surface area contributed by atoms with Crippen molar-refractivity contribution in [2.45, 2.75) is 58.4 Å². The Morgan fingerprint density at radius 3 is 2.54 bits per heavy atom. The fourth-order valence-electron chi connectivity index (χ4n) is 3.25. The summed E-state index contributed by atoms with van der Waals surface area (Å²) >= 11 is 6.22. The number of halogens is 1. The van der Waals surface area contributed by atoms with Crippen molar-refractivity contribution >= 4 is 17.5 Å². The monoisotopic (exact) mass is 346 g/mol. The molecule has 2 aromatic rings. The second-order valence-electron chi connectivity index (χ2n) is 6.50. The summed E-state index contributed by atoms with van der Waals surface area (Å²) in [6.45, 7) is 3.89. The van der Waals surface area contributed by atoms with Crippen LogP contribution >= 0.6 is 11.6 Å². The van der Waals surface area contributed by atoms with E-state index in [4.69, 9.17) is 11.6 Å². The minimum absolute atomic E-state index is 0.199. The Morgan fingerprint density at radius 1 is 1.21 bits per heavy atom. The van der Waals surface area contributed by atoms with E-state index < -0.39 is 0 Å². The molecule has 128 valence electrons. The molecule has 2 heterocycles. The molecule has 0 aromatic carbocycles. The van der Waals surface area contributed by atoms with Crippen molar-refractivity contribution in [2.24, 2.45) is 0 Å². The zero-order valence-corrected chi connectivity index (χ0v) is 14.9. The average molecular weight is 347 g/mol. The van der Waals surface area contributed by atoms with Crippen molar-refractivity contribution in [2.75, 3.05) is 0 Å². The highest BCUT2D eigenvalue weighted by molar-refractivity contribution is 6.33. The summed E-state index contributed by atoms with van der Waals surface area (Å²) in [7, 11) is 0. The Hall–Kier alpha value is -1.88. The first-order valence-corrected chi connectivity index (χ1v) is 8.93. The Morgan fingerprint density at radius 2 is 1.92 bits per heavy atom. The quantitative estimate of drug-likeness (QED) is 0.855. The molecule has 0 aliphatic heterocycles. The number of hydrogen-bond acceptors (Lipinski definition) is 3. The number of nitrogens with one attached hydrogen (secondary N) is 1. The zero-order chi connectivity index (χ0) is 17.1. The van der Waals surface area contributed by atoms with Gasteiger partial charge in [-0.1, -0.05) is 37.3 Å². The van der Waals surface area contributed by atoms with Crippen molar-refractivity contribution in [1.82, 2.24) is 20.1 Å². The molecule has 1 amide bonds. The smallest absolute Gasteiger partial charge is 0.271 e. The number of aryl methyl sites for hydroxylation is 2. The third-order valence-electron chi connectivity index (χ3n) is 4.46. The maximum absolute atomic E-state index is 12.6. The third kappa shape index (κ3) is 3.78. The van der Waals surface area contributed by atoms with E-state index in [0.717, 1.165) is 37.1 Å². The molecule has 0 bridgehead atoms. The predicted molar refractivity (Wildman–Crippen MR) is 94.8 cm³/mol. The zero-order valence-electron chi connectivity index (χ0n) is 14.2. The number of aromatic nitrogens is 3. The molecular weight excluding hydrogens is 324 g/mol. The van der Waals surface area contributed by atoms with Crippen molar-refractivity contribution in [3.05, 3.63) is 40.3 Å². The summed E-state index contributed by atoms with van der Waals surface area (Å²) in [5.74, 6) is 0.409. The van der Waals surface area contributed by atoms with E-state index in [0.29, 0.717) is 10.8 Å². The first-order valence-electron chi connectivity index (χ1n) is 8.55. The van der Waals surface area contributed by atoms with Crippen molar-refractivity contribution < 1.29 is 4.79 Å². The maximum atomic E-state index is 12.6. The highest BCUT2D eigenvalue weighted by Gasteiger charge is 2.19. The van der Waals surface area contributed by atoms with E-state index in [-0.39, 0.29) is 17.6 Å². The Bertz CT molecular complexity index is 733. The van der Waals surface area contributed by atoms with E-state index in [1.54, 1.807) is 16.8 Å². The lowest BCUT2D eigenvalue weighted by Crippen LogP contribution is -2.35. The number of hydrogen-bond donors (Lipinski definition) is 1. The lowest BCUT2D eigenvalue weighted by molar-refractivity contribution is 0.0928. The van der Waals surface area contributed by atoms with Crippen molar-refractivity contribution in [3.8, 4) is 5.82 Å². The van der Waals surface area contributed by atoms with Crippen LogP contribution in [-0.2, 0) is 0 Å². The molecule has 0 spiro atoms. The summed E-state index contributed by atoms with van der Waals surface area (Å²) in [5, 5.41) is 7.88. The predicted octanol–water partition coefficient (Wildman–Crippen LogP) is 3.99. The third-order valence-corrected chi connectivity index (χ3v) is 4.77. The summed E-state index contributed by atoms with van der Waals surface area (Å²) in [6, 6.07) is 5.68. The molecule has 1 fully saturated rings. The topological polar surface area (TPSA) is 59.8 Å². The Kier molecular flexibility index (Phi) is 5.19. The van der Waals surface area contributed by atoms with Gasteiger partial charge in [-0.05, 0) is 44.9 Å². The maximum Gasteiger partial charge on any atom is 0.271 e. The standard InChI is InChI=1S/C18H23ClN4O/c1-12-11-13(2)23(22-12)16-10-9-15(19)17(21-16)18(24)20-14-7-5-3-4-6-8-14/h9-11,14H,3-8H2,1-2H3,(H,20,24). The van der Waals surface area contributed by atoms with Gasteiger partial charge in [-0.15, -0.1) is 0 Å².